The minimum absolute atomic E-state index is 0.0606. The van der Waals surface area contributed by atoms with Crippen molar-refractivity contribution >= 4 is 46.0 Å². The van der Waals surface area contributed by atoms with Crippen molar-refractivity contribution in [3.05, 3.63) is 66.1 Å². The summed E-state index contributed by atoms with van der Waals surface area (Å²) < 4.78 is 1.96. The Kier molecular flexibility index (Phi) is 5.92. The standard InChI is InChI=1S/C21H21N5OS2/c1-14-20(16-10-6-7-11-17(16)22-14)28-12-18-24-25-21(26(18)2)29-13-19(27)23-15-8-4-3-5-9-15/h3-11,22H,12-13H2,1-2H3,(H,23,27). The van der Waals surface area contributed by atoms with Crippen molar-refractivity contribution in [2.75, 3.05) is 11.1 Å². The highest BCUT2D eigenvalue weighted by Gasteiger charge is 2.14. The highest BCUT2D eigenvalue weighted by atomic mass is 32.2. The second-order valence-electron chi connectivity index (χ2n) is 6.57. The summed E-state index contributed by atoms with van der Waals surface area (Å²) >= 11 is 3.13. The molecule has 0 fully saturated rings. The maximum absolute atomic E-state index is 12.1. The number of benzene rings is 2. The predicted molar refractivity (Wildman–Crippen MR) is 119 cm³/mol. The van der Waals surface area contributed by atoms with Gasteiger partial charge in [0.2, 0.25) is 5.91 Å². The Morgan fingerprint density at radius 1 is 1.07 bits per heavy atom. The van der Waals surface area contributed by atoms with Gasteiger partial charge in [-0.25, -0.2) is 0 Å². The first-order valence-electron chi connectivity index (χ1n) is 9.18. The number of hydrogen-bond acceptors (Lipinski definition) is 5. The zero-order valence-electron chi connectivity index (χ0n) is 16.2. The van der Waals surface area contributed by atoms with Crippen molar-refractivity contribution in [2.45, 2.75) is 22.7 Å². The molecule has 0 radical (unpaired) electrons. The van der Waals surface area contributed by atoms with Crippen molar-refractivity contribution in [1.82, 2.24) is 19.7 Å². The van der Waals surface area contributed by atoms with Crippen LogP contribution < -0.4 is 5.32 Å². The monoisotopic (exact) mass is 423 g/mol. The molecule has 2 N–H and O–H groups in total. The summed E-state index contributed by atoms with van der Waals surface area (Å²) in [6.45, 7) is 2.09. The molecular weight excluding hydrogens is 402 g/mol. The van der Waals surface area contributed by atoms with Gasteiger partial charge in [0.05, 0.1) is 11.5 Å². The first-order valence-corrected chi connectivity index (χ1v) is 11.1. The number of aromatic amines is 1. The molecule has 0 aliphatic carbocycles. The Bertz CT molecular complexity index is 1140. The van der Waals surface area contributed by atoms with E-state index in [0.29, 0.717) is 5.75 Å². The molecule has 1 amide bonds. The normalized spacial score (nSPS) is 11.1. The first-order chi connectivity index (χ1) is 14.1. The van der Waals surface area contributed by atoms with Gasteiger partial charge in [-0.2, -0.15) is 0 Å². The molecule has 0 spiro atoms. The number of amides is 1. The number of aromatic nitrogens is 4. The van der Waals surface area contributed by atoms with Gasteiger partial charge in [0.1, 0.15) is 5.82 Å². The Hall–Kier alpha value is -2.71. The largest absolute Gasteiger partial charge is 0.358 e. The van der Waals surface area contributed by atoms with Crippen molar-refractivity contribution in [1.29, 1.82) is 0 Å². The van der Waals surface area contributed by atoms with Gasteiger partial charge in [0, 0.05) is 34.2 Å². The summed E-state index contributed by atoms with van der Waals surface area (Å²) in [5, 5.41) is 13.4. The van der Waals surface area contributed by atoms with Crippen LogP contribution in [0.5, 0.6) is 0 Å². The van der Waals surface area contributed by atoms with Gasteiger partial charge < -0.3 is 14.9 Å². The Morgan fingerprint density at radius 3 is 2.66 bits per heavy atom. The Labute approximate surface area is 177 Å². The van der Waals surface area contributed by atoms with E-state index in [-0.39, 0.29) is 11.7 Å². The van der Waals surface area contributed by atoms with Gasteiger partial charge in [-0.3, -0.25) is 4.79 Å². The molecule has 4 aromatic rings. The highest BCUT2D eigenvalue weighted by Crippen LogP contribution is 2.33. The molecule has 8 heteroatoms. The van der Waals surface area contributed by atoms with Crippen LogP contribution in [0.3, 0.4) is 0 Å². The van der Waals surface area contributed by atoms with Gasteiger partial charge >= 0.3 is 0 Å². The zero-order chi connectivity index (χ0) is 20.2. The SMILES string of the molecule is Cc1[nH]c2ccccc2c1SCc1nnc(SCC(=O)Nc2ccccc2)n1C. The van der Waals surface area contributed by atoms with Crippen LogP contribution in [-0.2, 0) is 17.6 Å². The number of rotatable bonds is 7. The Morgan fingerprint density at radius 2 is 1.83 bits per heavy atom. The fraction of sp³-hybridized carbons (Fsp3) is 0.190. The van der Waals surface area contributed by atoms with Crippen molar-refractivity contribution in [2.24, 2.45) is 7.05 Å². The number of carbonyl (C=O) groups is 1. The van der Waals surface area contributed by atoms with Crippen LogP contribution in [0, 0.1) is 6.92 Å². The molecule has 2 aromatic carbocycles. The zero-order valence-corrected chi connectivity index (χ0v) is 17.8. The fourth-order valence-corrected chi connectivity index (χ4v) is 4.87. The maximum Gasteiger partial charge on any atom is 0.234 e. The molecule has 0 saturated heterocycles. The molecule has 6 nitrogen and oxygen atoms in total. The minimum atomic E-state index is -0.0606. The topological polar surface area (TPSA) is 75.6 Å². The number of anilines is 1. The van der Waals surface area contributed by atoms with Gasteiger partial charge in [-0.05, 0) is 25.1 Å². The predicted octanol–water partition coefficient (Wildman–Crippen LogP) is 4.63. The van der Waals surface area contributed by atoms with E-state index in [2.05, 4.69) is 45.6 Å². The molecule has 29 heavy (non-hydrogen) atoms. The molecule has 0 unspecified atom stereocenters. The lowest BCUT2D eigenvalue weighted by Crippen LogP contribution is -2.14. The van der Waals surface area contributed by atoms with Crippen molar-refractivity contribution < 1.29 is 4.79 Å². The number of aryl methyl sites for hydroxylation is 1. The molecule has 0 bridgehead atoms. The molecule has 0 atom stereocenters. The summed E-state index contributed by atoms with van der Waals surface area (Å²) in [5.74, 6) is 1.82. The van der Waals surface area contributed by atoms with Crippen molar-refractivity contribution in [3.8, 4) is 0 Å². The van der Waals surface area contributed by atoms with Gasteiger partial charge in [0.15, 0.2) is 5.16 Å². The molecular formula is C21H21N5OS2. The third-order valence-corrected chi connectivity index (χ3v) is 6.73. The molecule has 2 heterocycles. The van der Waals surface area contributed by atoms with Gasteiger partial charge in [-0.1, -0.05) is 48.2 Å². The van der Waals surface area contributed by atoms with Crippen LogP contribution in [0.15, 0.2) is 64.6 Å². The Balaban J connectivity index is 1.37. The van der Waals surface area contributed by atoms with E-state index in [1.165, 1.54) is 22.0 Å². The molecule has 2 aromatic heterocycles. The average molecular weight is 424 g/mol. The van der Waals surface area contributed by atoms with Gasteiger partial charge in [0.25, 0.3) is 0 Å². The quantitative estimate of drug-likeness (QED) is 0.424. The van der Waals surface area contributed by atoms with Gasteiger partial charge in [-0.15, -0.1) is 22.0 Å². The van der Waals surface area contributed by atoms with E-state index in [4.69, 9.17) is 0 Å². The lowest BCUT2D eigenvalue weighted by molar-refractivity contribution is -0.113. The number of H-pyrrole nitrogens is 1. The number of fused-ring (bicyclic) bond motifs is 1. The first kappa shape index (κ1) is 19.6. The summed E-state index contributed by atoms with van der Waals surface area (Å²) in [5.41, 5.74) is 3.10. The fourth-order valence-electron chi connectivity index (χ4n) is 3.02. The van der Waals surface area contributed by atoms with E-state index in [9.17, 15) is 4.79 Å². The molecule has 0 aliphatic rings. The average Bonchev–Trinajstić information content (AvgIpc) is 3.24. The van der Waals surface area contributed by atoms with E-state index in [1.54, 1.807) is 11.8 Å². The third-order valence-electron chi connectivity index (χ3n) is 4.50. The molecule has 0 aliphatic heterocycles. The number of nitrogens with one attached hydrogen (secondary N) is 2. The second-order valence-corrected chi connectivity index (χ2v) is 8.50. The van der Waals surface area contributed by atoms with E-state index in [1.807, 2.05) is 48.0 Å². The van der Waals surface area contributed by atoms with Crippen LogP contribution in [0.1, 0.15) is 11.5 Å². The van der Waals surface area contributed by atoms with E-state index < -0.39 is 0 Å². The molecule has 0 saturated carbocycles. The smallest absolute Gasteiger partial charge is 0.234 e. The van der Waals surface area contributed by atoms with Crippen LogP contribution in [0.2, 0.25) is 0 Å². The number of hydrogen-bond donors (Lipinski definition) is 2. The van der Waals surface area contributed by atoms with Crippen LogP contribution in [0.4, 0.5) is 5.69 Å². The van der Waals surface area contributed by atoms with Crippen LogP contribution in [-0.4, -0.2) is 31.4 Å². The number of thioether (sulfide) groups is 2. The van der Waals surface area contributed by atoms with Crippen LogP contribution in [0.25, 0.3) is 10.9 Å². The van der Waals surface area contributed by atoms with Crippen LogP contribution >= 0.6 is 23.5 Å². The third kappa shape index (κ3) is 4.49. The molecule has 4 rings (SSSR count). The minimum Gasteiger partial charge on any atom is -0.358 e. The molecule has 148 valence electrons. The van der Waals surface area contributed by atoms with E-state index >= 15 is 0 Å². The summed E-state index contributed by atoms with van der Waals surface area (Å²) in [6.07, 6.45) is 0. The summed E-state index contributed by atoms with van der Waals surface area (Å²) in [7, 11) is 1.94. The van der Waals surface area contributed by atoms with E-state index in [0.717, 1.165) is 27.9 Å². The lowest BCUT2D eigenvalue weighted by Gasteiger charge is -2.06. The number of carbonyl (C=O) groups excluding carboxylic acids is 1. The number of para-hydroxylation sites is 2. The second kappa shape index (κ2) is 8.75. The lowest BCUT2D eigenvalue weighted by atomic mass is 10.2. The highest BCUT2D eigenvalue weighted by molar-refractivity contribution is 7.99. The number of nitrogens with zero attached hydrogens (tertiary/aromatic N) is 3. The summed E-state index contributed by atoms with van der Waals surface area (Å²) in [4.78, 5) is 16.8. The maximum atomic E-state index is 12.1. The summed E-state index contributed by atoms with van der Waals surface area (Å²) in [6, 6.07) is 17.7. The van der Waals surface area contributed by atoms with Crippen molar-refractivity contribution in [3.63, 3.8) is 0 Å².